The Morgan fingerprint density at radius 2 is 1.62 bits per heavy atom. The first kappa shape index (κ1) is 9.04. The maximum absolute atomic E-state index is 11.1. The average Bonchev–Trinajstić information content (AvgIpc) is 2.08. The van der Waals surface area contributed by atoms with Gasteiger partial charge in [-0.25, -0.2) is 0 Å². The first-order valence-corrected chi connectivity index (χ1v) is 4.91. The van der Waals surface area contributed by atoms with Crippen LogP contribution in [0.2, 0.25) is 10.0 Å². The summed E-state index contributed by atoms with van der Waals surface area (Å²) in [6.07, 6.45) is 1.93. The molecule has 0 bridgehead atoms. The number of fused-ring (bicyclic) bond motifs is 1. The molecule has 1 aliphatic rings. The molecule has 0 fully saturated rings. The molecular weight excluding hydrogens is 207 g/mol. The number of carbonyl (C=O) groups is 1. The monoisotopic (exact) mass is 214 g/mol. The van der Waals surface area contributed by atoms with Crippen LogP contribution in [0, 0.1) is 0 Å². The predicted octanol–water partition coefficient (Wildman–Crippen LogP) is 3.05. The summed E-state index contributed by atoms with van der Waals surface area (Å²) in [5.41, 5.74) is 2.19. The highest BCUT2D eigenvalue weighted by molar-refractivity contribution is 6.42. The van der Waals surface area contributed by atoms with Crippen LogP contribution in [0.3, 0.4) is 0 Å². The van der Waals surface area contributed by atoms with E-state index in [-0.39, 0.29) is 5.78 Å². The molecule has 13 heavy (non-hydrogen) atoms. The normalized spacial score (nSPS) is 15.7. The maximum Gasteiger partial charge on any atom is 0.137 e. The van der Waals surface area contributed by atoms with Gasteiger partial charge in [0.25, 0.3) is 0 Å². The van der Waals surface area contributed by atoms with E-state index in [2.05, 4.69) is 0 Å². The van der Waals surface area contributed by atoms with Crippen LogP contribution in [0.25, 0.3) is 0 Å². The number of aryl methyl sites for hydroxylation is 1. The van der Waals surface area contributed by atoms with Crippen LogP contribution in [0.15, 0.2) is 12.1 Å². The fourth-order valence-corrected chi connectivity index (χ4v) is 1.97. The van der Waals surface area contributed by atoms with Gasteiger partial charge < -0.3 is 0 Å². The highest BCUT2D eigenvalue weighted by Crippen LogP contribution is 2.29. The second-order valence-electron chi connectivity index (χ2n) is 3.25. The van der Waals surface area contributed by atoms with Crippen molar-refractivity contribution in [3.05, 3.63) is 33.3 Å². The number of hydrogen-bond donors (Lipinski definition) is 0. The number of Topliss-reactive ketones (excluding diaryl/α,β-unsaturated/α-hetero) is 1. The van der Waals surface area contributed by atoms with Crippen LogP contribution in [0.5, 0.6) is 0 Å². The largest absolute Gasteiger partial charge is 0.299 e. The molecule has 1 aliphatic carbocycles. The van der Waals surface area contributed by atoms with Crippen molar-refractivity contribution in [3.63, 3.8) is 0 Å². The fraction of sp³-hybridized carbons (Fsp3) is 0.300. The minimum atomic E-state index is 0.283. The van der Waals surface area contributed by atoms with Crippen LogP contribution in [-0.2, 0) is 17.6 Å². The summed E-state index contributed by atoms with van der Waals surface area (Å²) in [6, 6.07) is 3.67. The molecule has 68 valence electrons. The third-order valence-corrected chi connectivity index (χ3v) is 3.03. The minimum absolute atomic E-state index is 0.283. The molecule has 0 spiro atoms. The molecule has 1 nitrogen and oxygen atoms in total. The van der Waals surface area contributed by atoms with Gasteiger partial charge in [-0.15, -0.1) is 0 Å². The lowest BCUT2D eigenvalue weighted by atomic mass is 9.91. The zero-order chi connectivity index (χ0) is 9.42. The van der Waals surface area contributed by atoms with Gasteiger partial charge in [0.2, 0.25) is 0 Å². The highest BCUT2D eigenvalue weighted by Gasteiger charge is 2.16. The van der Waals surface area contributed by atoms with Gasteiger partial charge in [0.1, 0.15) is 5.78 Å². The van der Waals surface area contributed by atoms with Gasteiger partial charge in [0, 0.05) is 12.8 Å². The molecule has 0 heterocycles. The Kier molecular flexibility index (Phi) is 2.31. The Bertz CT molecular complexity index is 371. The van der Waals surface area contributed by atoms with Crippen LogP contribution in [0.4, 0.5) is 0 Å². The van der Waals surface area contributed by atoms with Crippen LogP contribution >= 0.6 is 23.2 Å². The molecule has 0 N–H and O–H groups in total. The fourth-order valence-electron chi connectivity index (χ4n) is 1.60. The lowest BCUT2D eigenvalue weighted by molar-refractivity contribution is -0.118. The number of rotatable bonds is 0. The predicted molar refractivity (Wildman–Crippen MR) is 53.5 cm³/mol. The van der Waals surface area contributed by atoms with E-state index in [1.165, 1.54) is 0 Å². The Balaban J connectivity index is 2.49. The molecule has 0 atom stereocenters. The molecule has 1 aromatic rings. The topological polar surface area (TPSA) is 17.1 Å². The summed E-state index contributed by atoms with van der Waals surface area (Å²) >= 11 is 11.7. The zero-order valence-electron chi connectivity index (χ0n) is 6.94. The highest BCUT2D eigenvalue weighted by atomic mass is 35.5. The summed E-state index contributed by atoms with van der Waals surface area (Å²) in [4.78, 5) is 11.1. The standard InChI is InChI=1S/C10H8Cl2O/c11-9-4-6-1-2-8(13)3-7(6)5-10(9)12/h4-5H,1-3H2. The molecule has 0 amide bonds. The molecule has 1 aromatic carbocycles. The van der Waals surface area contributed by atoms with E-state index in [4.69, 9.17) is 23.2 Å². The number of ketones is 1. The number of hydrogen-bond acceptors (Lipinski definition) is 1. The second kappa shape index (κ2) is 3.32. The van der Waals surface area contributed by atoms with Crippen LogP contribution in [-0.4, -0.2) is 5.78 Å². The summed E-state index contributed by atoms with van der Waals surface area (Å²) in [7, 11) is 0. The average molecular weight is 215 g/mol. The van der Waals surface area contributed by atoms with Crippen molar-refractivity contribution in [2.45, 2.75) is 19.3 Å². The first-order valence-electron chi connectivity index (χ1n) is 4.15. The molecule has 0 saturated heterocycles. The van der Waals surface area contributed by atoms with Crippen LogP contribution in [0.1, 0.15) is 17.5 Å². The first-order chi connectivity index (χ1) is 6.16. The molecular formula is C10H8Cl2O. The van der Waals surface area contributed by atoms with Gasteiger partial charge in [-0.3, -0.25) is 4.79 Å². The van der Waals surface area contributed by atoms with Crippen molar-refractivity contribution < 1.29 is 4.79 Å². The molecule has 0 radical (unpaired) electrons. The summed E-state index contributed by atoms with van der Waals surface area (Å²) in [5, 5.41) is 1.12. The minimum Gasteiger partial charge on any atom is -0.299 e. The number of benzene rings is 1. The van der Waals surface area contributed by atoms with E-state index in [0.29, 0.717) is 22.9 Å². The maximum atomic E-state index is 11.1. The number of carbonyl (C=O) groups excluding carboxylic acids is 1. The van der Waals surface area contributed by atoms with Crippen molar-refractivity contribution in [1.29, 1.82) is 0 Å². The SMILES string of the molecule is O=C1CCc2cc(Cl)c(Cl)cc2C1. The second-order valence-corrected chi connectivity index (χ2v) is 4.06. The van der Waals surface area contributed by atoms with E-state index in [1.54, 1.807) is 6.07 Å². The summed E-state index contributed by atoms with van der Waals surface area (Å²) in [6.45, 7) is 0. The third-order valence-electron chi connectivity index (χ3n) is 2.30. The molecule has 0 aromatic heterocycles. The van der Waals surface area contributed by atoms with Crippen molar-refractivity contribution >= 4 is 29.0 Å². The summed E-state index contributed by atoms with van der Waals surface area (Å²) < 4.78 is 0. The van der Waals surface area contributed by atoms with E-state index >= 15 is 0 Å². The van der Waals surface area contributed by atoms with Crippen molar-refractivity contribution in [1.82, 2.24) is 0 Å². The molecule has 2 rings (SSSR count). The molecule has 0 unspecified atom stereocenters. The number of halogens is 2. The Morgan fingerprint density at radius 1 is 1.00 bits per heavy atom. The zero-order valence-corrected chi connectivity index (χ0v) is 8.45. The molecule has 3 heteroatoms. The van der Waals surface area contributed by atoms with Crippen molar-refractivity contribution in [3.8, 4) is 0 Å². The summed E-state index contributed by atoms with van der Waals surface area (Å²) in [5.74, 6) is 0.283. The Morgan fingerprint density at radius 3 is 2.31 bits per heavy atom. The van der Waals surface area contributed by atoms with E-state index < -0.39 is 0 Å². The van der Waals surface area contributed by atoms with Gasteiger partial charge in [-0.2, -0.15) is 0 Å². The van der Waals surface area contributed by atoms with E-state index in [1.807, 2.05) is 6.07 Å². The van der Waals surface area contributed by atoms with E-state index in [0.717, 1.165) is 17.5 Å². The van der Waals surface area contributed by atoms with E-state index in [9.17, 15) is 4.79 Å². The molecule has 0 aliphatic heterocycles. The van der Waals surface area contributed by atoms with Crippen LogP contribution < -0.4 is 0 Å². The quantitative estimate of drug-likeness (QED) is 0.649. The lowest BCUT2D eigenvalue weighted by Crippen LogP contribution is -2.12. The van der Waals surface area contributed by atoms with Gasteiger partial charge in [-0.05, 0) is 29.7 Å². The lowest BCUT2D eigenvalue weighted by Gasteiger charge is -2.15. The molecule has 0 saturated carbocycles. The Labute approximate surface area is 86.7 Å². The van der Waals surface area contributed by atoms with Gasteiger partial charge in [0.15, 0.2) is 0 Å². The van der Waals surface area contributed by atoms with Gasteiger partial charge in [0.05, 0.1) is 10.0 Å². The Hall–Kier alpha value is -0.530. The van der Waals surface area contributed by atoms with Crippen molar-refractivity contribution in [2.24, 2.45) is 0 Å². The smallest absolute Gasteiger partial charge is 0.137 e. The van der Waals surface area contributed by atoms with Gasteiger partial charge >= 0.3 is 0 Å². The van der Waals surface area contributed by atoms with Gasteiger partial charge in [-0.1, -0.05) is 23.2 Å². The third kappa shape index (κ3) is 1.72. The van der Waals surface area contributed by atoms with Crippen molar-refractivity contribution in [2.75, 3.05) is 0 Å².